The van der Waals surface area contributed by atoms with Crippen LogP contribution in [0.1, 0.15) is 63.0 Å². The molecular weight excluding hydrogens is 475 g/mol. The molecule has 160 valence electrons. The van der Waals surface area contributed by atoms with Crippen molar-refractivity contribution in [2.75, 3.05) is 19.6 Å². The smallest absolute Gasteiger partial charge is 0.222 e. The maximum Gasteiger partial charge on any atom is 0.222 e. The molecule has 0 saturated carbocycles. The van der Waals surface area contributed by atoms with Gasteiger partial charge in [-0.3, -0.25) is 4.79 Å². The zero-order chi connectivity index (χ0) is 19.6. The molecule has 2 N–H and O–H groups in total. The summed E-state index contributed by atoms with van der Waals surface area (Å²) < 4.78 is 0. The number of guanidine groups is 1. The first-order chi connectivity index (χ1) is 13.8. The van der Waals surface area contributed by atoms with Crippen molar-refractivity contribution in [3.63, 3.8) is 0 Å². The van der Waals surface area contributed by atoms with E-state index in [0.29, 0.717) is 19.5 Å². The summed E-state index contributed by atoms with van der Waals surface area (Å²) in [5.41, 5.74) is 3.97. The lowest BCUT2D eigenvalue weighted by atomic mass is 9.97. The highest BCUT2D eigenvalue weighted by Gasteiger charge is 2.20. The van der Waals surface area contributed by atoms with Crippen LogP contribution < -0.4 is 10.6 Å². The van der Waals surface area contributed by atoms with Gasteiger partial charge in [0.2, 0.25) is 5.91 Å². The van der Waals surface area contributed by atoms with E-state index in [9.17, 15) is 4.79 Å². The highest BCUT2D eigenvalue weighted by atomic mass is 127. The van der Waals surface area contributed by atoms with E-state index in [1.807, 2.05) is 11.0 Å². The maximum absolute atomic E-state index is 12.0. The summed E-state index contributed by atoms with van der Waals surface area (Å²) in [6.07, 6.45) is 10.3. The average Bonchev–Trinajstić information content (AvgIpc) is 3.12. The monoisotopic (exact) mass is 510 g/mol. The molecule has 0 spiro atoms. The Morgan fingerprint density at radius 2 is 1.93 bits per heavy atom. The van der Waals surface area contributed by atoms with E-state index in [4.69, 9.17) is 4.99 Å². The van der Waals surface area contributed by atoms with Gasteiger partial charge in [0.25, 0.3) is 0 Å². The van der Waals surface area contributed by atoms with Gasteiger partial charge in [-0.1, -0.05) is 35.9 Å². The van der Waals surface area contributed by atoms with Crippen LogP contribution in [0.25, 0.3) is 0 Å². The first-order valence-electron chi connectivity index (χ1n) is 10.8. The molecule has 0 radical (unpaired) electrons. The van der Waals surface area contributed by atoms with Crippen LogP contribution in [-0.2, 0) is 17.9 Å². The van der Waals surface area contributed by atoms with Gasteiger partial charge in [0, 0.05) is 32.6 Å². The van der Waals surface area contributed by atoms with Gasteiger partial charge >= 0.3 is 0 Å². The number of hydrogen-bond donors (Lipinski definition) is 2. The Morgan fingerprint density at radius 3 is 2.62 bits per heavy atom. The molecule has 3 rings (SSSR count). The van der Waals surface area contributed by atoms with Crippen LogP contribution in [0.15, 0.2) is 40.9 Å². The second-order valence-electron chi connectivity index (χ2n) is 7.67. The molecular formula is C23H35IN4O. The maximum atomic E-state index is 12.0. The Kier molecular flexibility index (Phi) is 10.5. The van der Waals surface area contributed by atoms with Crippen LogP contribution in [0.4, 0.5) is 0 Å². The lowest BCUT2D eigenvalue weighted by Gasteiger charge is -2.18. The first kappa shape index (κ1) is 23.7. The molecule has 6 heteroatoms. The molecule has 0 bridgehead atoms. The lowest BCUT2D eigenvalue weighted by Crippen LogP contribution is -2.38. The summed E-state index contributed by atoms with van der Waals surface area (Å²) in [5.74, 6) is 1.14. The van der Waals surface area contributed by atoms with Crippen LogP contribution >= 0.6 is 24.0 Å². The molecule has 29 heavy (non-hydrogen) atoms. The lowest BCUT2D eigenvalue weighted by molar-refractivity contribution is -0.128. The van der Waals surface area contributed by atoms with E-state index in [-0.39, 0.29) is 29.9 Å². The topological polar surface area (TPSA) is 56.7 Å². The zero-order valence-corrected chi connectivity index (χ0v) is 19.9. The zero-order valence-electron chi connectivity index (χ0n) is 17.6. The number of carbonyl (C=O) groups excluding carboxylic acids is 1. The second-order valence-corrected chi connectivity index (χ2v) is 7.67. The minimum Gasteiger partial charge on any atom is -0.357 e. The van der Waals surface area contributed by atoms with Gasteiger partial charge in [-0.15, -0.1) is 24.0 Å². The summed E-state index contributed by atoms with van der Waals surface area (Å²) in [4.78, 5) is 18.7. The number of aliphatic imine (C=N–C) groups is 1. The van der Waals surface area contributed by atoms with E-state index < -0.39 is 0 Å². The van der Waals surface area contributed by atoms with E-state index in [1.165, 1.54) is 36.8 Å². The highest BCUT2D eigenvalue weighted by molar-refractivity contribution is 14.0. The molecule has 1 aromatic rings. The van der Waals surface area contributed by atoms with Crippen LogP contribution in [0.2, 0.25) is 0 Å². The van der Waals surface area contributed by atoms with Crippen LogP contribution in [0.5, 0.6) is 0 Å². The SMILES string of the molecule is CCNC(=NCc1ccccc1CN1CCCC1=O)NCCC1=CCCCC1.I. The third kappa shape index (κ3) is 7.64. The van der Waals surface area contributed by atoms with Gasteiger partial charge in [-0.05, 0) is 56.6 Å². The third-order valence-electron chi connectivity index (χ3n) is 5.53. The van der Waals surface area contributed by atoms with Crippen molar-refractivity contribution in [3.05, 3.63) is 47.0 Å². The quantitative estimate of drug-likeness (QED) is 0.236. The average molecular weight is 510 g/mol. The van der Waals surface area contributed by atoms with Crippen LogP contribution in [0, 0.1) is 0 Å². The summed E-state index contributed by atoms with van der Waals surface area (Å²) in [6.45, 7) is 6.04. The minimum absolute atomic E-state index is 0. The number of halogens is 1. The van der Waals surface area contributed by atoms with Gasteiger partial charge in [0.05, 0.1) is 6.54 Å². The van der Waals surface area contributed by atoms with E-state index in [2.05, 4.69) is 41.8 Å². The summed E-state index contributed by atoms with van der Waals surface area (Å²) >= 11 is 0. The third-order valence-corrected chi connectivity index (χ3v) is 5.53. The highest BCUT2D eigenvalue weighted by Crippen LogP contribution is 2.20. The number of rotatable bonds is 8. The number of likely N-dealkylation sites (tertiary alicyclic amines) is 1. The fraction of sp³-hybridized carbons (Fsp3) is 0.565. The number of amides is 1. The largest absolute Gasteiger partial charge is 0.357 e. The Labute approximate surface area is 192 Å². The van der Waals surface area contributed by atoms with Gasteiger partial charge < -0.3 is 15.5 Å². The molecule has 5 nitrogen and oxygen atoms in total. The van der Waals surface area contributed by atoms with Crippen molar-refractivity contribution in [1.82, 2.24) is 15.5 Å². The molecule has 1 aliphatic carbocycles. The van der Waals surface area contributed by atoms with Crippen molar-refractivity contribution < 1.29 is 4.79 Å². The Hall–Kier alpha value is -1.57. The number of nitrogens with one attached hydrogen (secondary N) is 2. The molecule has 2 aliphatic rings. The van der Waals surface area contributed by atoms with Crippen LogP contribution in [-0.4, -0.2) is 36.4 Å². The number of allylic oxidation sites excluding steroid dienone is 1. The van der Waals surface area contributed by atoms with E-state index in [1.54, 1.807) is 5.57 Å². The fourth-order valence-corrected chi connectivity index (χ4v) is 3.92. The number of nitrogens with zero attached hydrogens (tertiary/aromatic N) is 2. The fourth-order valence-electron chi connectivity index (χ4n) is 3.92. The summed E-state index contributed by atoms with van der Waals surface area (Å²) in [7, 11) is 0. The van der Waals surface area contributed by atoms with Crippen molar-refractivity contribution in [2.24, 2.45) is 4.99 Å². The molecule has 0 atom stereocenters. The molecule has 0 unspecified atom stereocenters. The van der Waals surface area contributed by atoms with Gasteiger partial charge in [0.1, 0.15) is 0 Å². The number of carbonyl (C=O) groups is 1. The summed E-state index contributed by atoms with van der Waals surface area (Å²) in [6, 6.07) is 8.34. The molecule has 1 fully saturated rings. The number of hydrogen-bond acceptors (Lipinski definition) is 2. The Balaban J connectivity index is 0.00000300. The summed E-state index contributed by atoms with van der Waals surface area (Å²) in [5, 5.41) is 6.82. The van der Waals surface area contributed by atoms with Crippen LogP contribution in [0.3, 0.4) is 0 Å². The molecule has 0 aromatic heterocycles. The molecule has 1 amide bonds. The second kappa shape index (κ2) is 12.9. The Bertz CT molecular complexity index is 717. The minimum atomic E-state index is 0. The molecule has 1 heterocycles. The van der Waals surface area contributed by atoms with Crippen molar-refractivity contribution in [1.29, 1.82) is 0 Å². The predicted molar refractivity (Wildman–Crippen MR) is 130 cm³/mol. The van der Waals surface area contributed by atoms with Gasteiger partial charge in [-0.25, -0.2) is 4.99 Å². The standard InChI is InChI=1S/C23H34N4O.HI/c1-2-24-23(25-15-14-19-9-4-3-5-10-19)26-17-20-11-6-7-12-21(20)18-27-16-8-13-22(27)28;/h6-7,9,11-12H,2-5,8,10,13-18H2,1H3,(H2,24,25,26);1H. The normalized spacial score (nSPS) is 17.0. The van der Waals surface area contributed by atoms with Gasteiger partial charge in [-0.2, -0.15) is 0 Å². The number of benzene rings is 1. The first-order valence-corrected chi connectivity index (χ1v) is 10.8. The Morgan fingerprint density at radius 1 is 1.10 bits per heavy atom. The van der Waals surface area contributed by atoms with E-state index >= 15 is 0 Å². The van der Waals surface area contributed by atoms with Crippen molar-refractivity contribution >= 4 is 35.8 Å². The predicted octanol–water partition coefficient (Wildman–Crippen LogP) is 4.37. The molecule has 1 saturated heterocycles. The van der Waals surface area contributed by atoms with E-state index in [0.717, 1.165) is 38.4 Å². The van der Waals surface area contributed by atoms with Gasteiger partial charge in [0.15, 0.2) is 5.96 Å². The molecule has 1 aliphatic heterocycles. The van der Waals surface area contributed by atoms with Crippen molar-refractivity contribution in [3.8, 4) is 0 Å². The molecule has 1 aromatic carbocycles. The van der Waals surface area contributed by atoms with Crippen molar-refractivity contribution in [2.45, 2.75) is 65.0 Å².